The Bertz CT molecular complexity index is 1110. The number of nitrogens with zero attached hydrogens (tertiary/aromatic N) is 6. The van der Waals surface area contributed by atoms with Gasteiger partial charge in [-0.15, -0.1) is 13.2 Å². The molecule has 0 unspecified atom stereocenters. The minimum Gasteiger partial charge on any atom is -0.405 e. The first kappa shape index (κ1) is 27.6. The third kappa shape index (κ3) is 7.76. The molecule has 1 aromatic carbocycles. The molecule has 1 aliphatic carbocycles. The summed E-state index contributed by atoms with van der Waals surface area (Å²) < 4.78 is 42.0. The maximum absolute atomic E-state index is 12.7. The molecule has 0 atom stereocenters. The lowest BCUT2D eigenvalue weighted by Gasteiger charge is -2.32. The number of carbonyl (C=O) groups is 1. The molecule has 0 spiro atoms. The molecule has 1 aromatic heterocycles. The molecule has 13 heteroatoms. The van der Waals surface area contributed by atoms with Gasteiger partial charge < -0.3 is 25.2 Å². The van der Waals surface area contributed by atoms with Crippen molar-refractivity contribution in [2.75, 3.05) is 50.5 Å². The molecular weight excluding hydrogens is 501 g/mol. The summed E-state index contributed by atoms with van der Waals surface area (Å²) in [5, 5.41) is 5.73. The van der Waals surface area contributed by atoms with Gasteiger partial charge in [-0.05, 0) is 44.7 Å². The third-order valence-corrected chi connectivity index (χ3v) is 6.82. The van der Waals surface area contributed by atoms with E-state index in [1.165, 1.54) is 18.2 Å². The summed E-state index contributed by atoms with van der Waals surface area (Å²) in [6, 6.07) is 5.80. The van der Waals surface area contributed by atoms with Crippen LogP contribution in [0.25, 0.3) is 0 Å². The van der Waals surface area contributed by atoms with Crippen LogP contribution in [0.5, 0.6) is 5.75 Å². The Hall–Kier alpha value is -3.48. The molecule has 2 aromatic rings. The van der Waals surface area contributed by atoms with Crippen LogP contribution in [-0.2, 0) is 11.3 Å². The average molecular weight is 535 g/mol. The summed E-state index contributed by atoms with van der Waals surface area (Å²) in [5.74, 6) is 0.911. The summed E-state index contributed by atoms with van der Waals surface area (Å²) in [7, 11) is 3.84. The Morgan fingerprint density at radius 2 is 1.82 bits per heavy atom. The number of amides is 1. The zero-order valence-corrected chi connectivity index (χ0v) is 21.5. The van der Waals surface area contributed by atoms with Crippen LogP contribution in [0.3, 0.4) is 0 Å². The number of hydrogen-bond donors (Lipinski definition) is 2. The molecule has 2 aliphatic rings. The number of rotatable bonds is 8. The van der Waals surface area contributed by atoms with E-state index in [4.69, 9.17) is 0 Å². The van der Waals surface area contributed by atoms with Gasteiger partial charge in [0, 0.05) is 57.5 Å². The van der Waals surface area contributed by atoms with Crippen molar-refractivity contribution in [3.8, 4) is 5.75 Å². The highest BCUT2D eigenvalue weighted by molar-refractivity contribution is 5.79. The van der Waals surface area contributed by atoms with Crippen LogP contribution in [0, 0.1) is 11.8 Å². The van der Waals surface area contributed by atoms with Gasteiger partial charge in [0.15, 0.2) is 0 Å². The molecule has 206 valence electrons. The van der Waals surface area contributed by atoms with Gasteiger partial charge in [0.2, 0.25) is 17.8 Å². The van der Waals surface area contributed by atoms with Crippen LogP contribution in [0.2, 0.25) is 0 Å². The number of nitrogens with one attached hydrogen (secondary N) is 2. The monoisotopic (exact) mass is 534 g/mol. The Morgan fingerprint density at radius 1 is 1.11 bits per heavy atom. The zero-order chi connectivity index (χ0) is 27.1. The minimum absolute atomic E-state index is 0.0324. The number of aromatic nitrogens is 3. The van der Waals surface area contributed by atoms with Gasteiger partial charge >= 0.3 is 6.36 Å². The lowest BCUT2D eigenvalue weighted by Crippen LogP contribution is -2.45. The summed E-state index contributed by atoms with van der Waals surface area (Å²) in [4.78, 5) is 35.0. The van der Waals surface area contributed by atoms with Crippen molar-refractivity contribution < 1.29 is 22.7 Å². The number of ether oxygens (including phenoxy) is 1. The van der Waals surface area contributed by atoms with E-state index in [0.29, 0.717) is 30.7 Å². The first-order valence-corrected chi connectivity index (χ1v) is 12.7. The number of aliphatic imine (C=N–C) groups is 1. The van der Waals surface area contributed by atoms with Crippen LogP contribution in [0.15, 0.2) is 29.3 Å². The number of para-hydroxylation sites is 1. The topological polar surface area (TPSA) is 108 Å². The second-order valence-electron chi connectivity index (χ2n) is 9.56. The predicted octanol–water partition coefficient (Wildman–Crippen LogP) is 3.39. The van der Waals surface area contributed by atoms with Crippen LogP contribution in [0.4, 0.5) is 31.0 Å². The minimum atomic E-state index is -4.79. The molecule has 4 rings (SSSR count). The second-order valence-corrected chi connectivity index (χ2v) is 9.56. The van der Waals surface area contributed by atoms with E-state index in [1.807, 2.05) is 6.21 Å². The number of halogens is 3. The summed E-state index contributed by atoms with van der Waals surface area (Å²) in [6.45, 7) is 3.50. The fourth-order valence-corrected chi connectivity index (χ4v) is 4.57. The summed E-state index contributed by atoms with van der Waals surface area (Å²) >= 11 is 0. The Morgan fingerprint density at radius 3 is 2.50 bits per heavy atom. The van der Waals surface area contributed by atoms with Gasteiger partial charge in [0.05, 0.1) is 0 Å². The van der Waals surface area contributed by atoms with Gasteiger partial charge in [0.25, 0.3) is 5.95 Å². The number of piperazine rings is 1. The number of anilines is 2. The van der Waals surface area contributed by atoms with Gasteiger partial charge in [-0.3, -0.25) is 4.79 Å². The van der Waals surface area contributed by atoms with Crippen LogP contribution < -0.4 is 20.3 Å². The van der Waals surface area contributed by atoms with E-state index >= 15 is 0 Å². The molecule has 10 nitrogen and oxygen atoms in total. The third-order valence-electron chi connectivity index (χ3n) is 6.82. The summed E-state index contributed by atoms with van der Waals surface area (Å²) in [5.41, 5.74) is 0.272. The van der Waals surface area contributed by atoms with Crippen molar-refractivity contribution in [3.05, 3.63) is 29.8 Å². The molecular formula is C25H33F3N8O2. The fourth-order valence-electron chi connectivity index (χ4n) is 4.57. The Balaban J connectivity index is 1.29. The van der Waals surface area contributed by atoms with Crippen molar-refractivity contribution in [1.82, 2.24) is 25.2 Å². The van der Waals surface area contributed by atoms with Crippen molar-refractivity contribution in [2.24, 2.45) is 16.8 Å². The smallest absolute Gasteiger partial charge is 0.405 e. The van der Waals surface area contributed by atoms with Crippen molar-refractivity contribution in [1.29, 1.82) is 0 Å². The van der Waals surface area contributed by atoms with Gasteiger partial charge in [0.1, 0.15) is 5.75 Å². The molecule has 38 heavy (non-hydrogen) atoms. The van der Waals surface area contributed by atoms with E-state index in [0.717, 1.165) is 39.0 Å². The van der Waals surface area contributed by atoms with E-state index in [9.17, 15) is 18.0 Å². The molecule has 1 saturated heterocycles. The van der Waals surface area contributed by atoms with E-state index in [2.05, 4.69) is 52.2 Å². The molecule has 1 aliphatic heterocycles. The molecule has 2 fully saturated rings. The highest BCUT2D eigenvalue weighted by Crippen LogP contribution is 2.30. The van der Waals surface area contributed by atoms with Gasteiger partial charge in [-0.25, -0.2) is 4.99 Å². The second kappa shape index (κ2) is 12.4. The van der Waals surface area contributed by atoms with Crippen molar-refractivity contribution >= 4 is 30.0 Å². The molecule has 2 N–H and O–H groups in total. The zero-order valence-electron chi connectivity index (χ0n) is 21.5. The lowest BCUT2D eigenvalue weighted by molar-refractivity contribution is -0.274. The summed E-state index contributed by atoms with van der Waals surface area (Å²) in [6.07, 6.45) is -0.0811. The Kier molecular flexibility index (Phi) is 8.97. The normalized spacial score (nSPS) is 20.9. The van der Waals surface area contributed by atoms with Crippen molar-refractivity contribution in [3.63, 3.8) is 0 Å². The van der Waals surface area contributed by atoms with E-state index < -0.39 is 6.36 Å². The first-order chi connectivity index (χ1) is 18.2. The molecule has 0 bridgehead atoms. The number of hydrogen-bond acceptors (Lipinski definition) is 9. The average Bonchev–Trinajstić information content (AvgIpc) is 2.91. The lowest BCUT2D eigenvalue weighted by atomic mass is 9.82. The van der Waals surface area contributed by atoms with Crippen LogP contribution >= 0.6 is 0 Å². The number of alkyl halides is 3. The highest BCUT2D eigenvalue weighted by Gasteiger charge is 2.32. The molecule has 0 radical (unpaired) electrons. The molecule has 1 saturated carbocycles. The largest absolute Gasteiger partial charge is 0.573 e. The predicted molar refractivity (Wildman–Crippen MR) is 138 cm³/mol. The van der Waals surface area contributed by atoms with E-state index in [1.54, 1.807) is 13.1 Å². The van der Waals surface area contributed by atoms with Gasteiger partial charge in [-0.2, -0.15) is 15.0 Å². The maximum Gasteiger partial charge on any atom is 0.573 e. The Labute approximate surface area is 219 Å². The molecule has 2 heterocycles. The number of carbonyl (C=O) groups excluding carboxylic acids is 1. The van der Waals surface area contributed by atoms with Crippen LogP contribution in [0.1, 0.15) is 31.2 Å². The van der Waals surface area contributed by atoms with Crippen LogP contribution in [-0.4, -0.2) is 78.6 Å². The number of likely N-dealkylation sites (N-methyl/N-ethyl adjacent to an activating group) is 1. The highest BCUT2D eigenvalue weighted by atomic mass is 19.4. The number of benzene rings is 1. The van der Waals surface area contributed by atoms with Gasteiger partial charge in [-0.1, -0.05) is 18.2 Å². The molecule has 1 amide bonds. The first-order valence-electron chi connectivity index (χ1n) is 12.7. The van der Waals surface area contributed by atoms with Crippen molar-refractivity contribution in [2.45, 2.75) is 38.6 Å². The fraction of sp³-hybridized carbons (Fsp3) is 0.560. The quantitative estimate of drug-likeness (QED) is 0.497. The maximum atomic E-state index is 12.7. The SMILES string of the molecule is CNc1nc(/N=C/C2CCC(C(=O)NCc3ccccc3OC(F)(F)F)CC2)nc(N2CCN(C)CC2)n1. The van der Waals surface area contributed by atoms with E-state index in [-0.39, 0.29) is 35.6 Å². The standard InChI is InChI=1S/C25H33F3N8O2/c1-29-22-32-23(34-24(33-22)36-13-11-35(2)12-14-36)31-15-17-7-9-18(10-8-17)21(37)30-16-19-5-3-4-6-20(19)38-25(26,27)28/h3-6,15,17-18H,7-14,16H2,1-2H3,(H,30,37)(H,29,32,33,34)/b31-15+.